The third-order valence-electron chi connectivity index (χ3n) is 34.5. The summed E-state index contributed by atoms with van der Waals surface area (Å²) in [5.41, 5.74) is 38.8. The van der Waals surface area contributed by atoms with E-state index >= 15 is 0 Å². The van der Waals surface area contributed by atoms with Crippen LogP contribution in [0.1, 0.15) is 104 Å². The van der Waals surface area contributed by atoms with E-state index in [1.165, 1.54) is 176 Å². The SMILES string of the molecule is C=C(C1=c2cccc/c2=C(c2ccc3cc(-c4ccc5oc6c7c(c8cc(-c9ccc%10c(c9)oc9c%11ccccc%11c%11c(c%109)-c9ccc(-c%10c%12ccccc%12c(-c%12ccc%13ccccc%13c%12)c%12ccccc%10%12)cc9C%11(C)C)ccc8c6c5c4)C(C)(C)c4cc(-c5c6ccccc6c(-c6ccc8ccccc8c6)c6ccccc56)ccc4-7)ccc3c2)/C=C/CCC=C1)c1cc2c(cc1C1=Cc3ccccc3C1(C)C)oc1ccccc12. The van der Waals surface area contributed by atoms with Crippen LogP contribution in [0.3, 0.4) is 0 Å². The molecule has 0 aliphatic heterocycles. The quantitative estimate of drug-likeness (QED) is 0.128. The lowest BCUT2D eigenvalue weighted by Crippen LogP contribution is -2.29. The summed E-state index contributed by atoms with van der Waals surface area (Å²) in [4.78, 5) is 0. The Morgan fingerprint density at radius 2 is 0.660 bits per heavy atom. The topological polar surface area (TPSA) is 39.4 Å². The molecule has 704 valence electrons. The lowest BCUT2D eigenvalue weighted by molar-refractivity contribution is 0.658. The molecule has 3 aromatic heterocycles. The van der Waals surface area contributed by atoms with Gasteiger partial charge in [-0.3, -0.25) is 0 Å². The predicted octanol–water partition coefficient (Wildman–Crippen LogP) is 39.2. The lowest BCUT2D eigenvalue weighted by atomic mass is 9.76. The fraction of sp³-hybridized carbons (Fsp3) is 0.0748. The number of furan rings is 3. The number of para-hydroxylation sites is 1. The maximum Gasteiger partial charge on any atom is 0.144 e. The minimum absolute atomic E-state index is 0.275. The highest BCUT2D eigenvalue weighted by Crippen LogP contribution is 2.62. The second kappa shape index (κ2) is 32.1. The van der Waals surface area contributed by atoms with Crippen molar-refractivity contribution >= 4 is 191 Å². The zero-order valence-electron chi connectivity index (χ0n) is 84.1. The number of hydrogen-bond acceptors (Lipinski definition) is 3. The highest BCUT2D eigenvalue weighted by Gasteiger charge is 2.44. The summed E-state index contributed by atoms with van der Waals surface area (Å²) in [6.45, 7) is 19.6. The Morgan fingerprint density at radius 3 is 1.27 bits per heavy atom. The van der Waals surface area contributed by atoms with Gasteiger partial charge in [0.15, 0.2) is 0 Å². The molecule has 0 radical (unpaired) electrons. The number of benzene rings is 24. The van der Waals surface area contributed by atoms with Crippen LogP contribution in [-0.2, 0) is 16.2 Å². The third-order valence-corrected chi connectivity index (χ3v) is 34.5. The van der Waals surface area contributed by atoms with E-state index in [1.54, 1.807) is 0 Å². The summed E-state index contributed by atoms with van der Waals surface area (Å²) in [6, 6.07) is 157. The second-order valence-electron chi connectivity index (χ2n) is 43.7. The monoisotopic (exact) mass is 1910 g/mol. The van der Waals surface area contributed by atoms with Crippen molar-refractivity contribution in [1.29, 1.82) is 0 Å². The minimum atomic E-state index is -0.519. The highest BCUT2D eigenvalue weighted by atomic mass is 16.3. The summed E-state index contributed by atoms with van der Waals surface area (Å²) < 4.78 is 21.9. The van der Waals surface area contributed by atoms with E-state index in [0.29, 0.717) is 0 Å². The summed E-state index contributed by atoms with van der Waals surface area (Å²) in [5.74, 6) is 0. The molecule has 0 saturated carbocycles. The summed E-state index contributed by atoms with van der Waals surface area (Å²) in [6.07, 6.45) is 13.5. The van der Waals surface area contributed by atoms with Gasteiger partial charge in [-0.1, -0.05) is 406 Å². The first-order chi connectivity index (χ1) is 73.6. The van der Waals surface area contributed by atoms with E-state index in [0.717, 1.165) is 172 Å². The molecule has 3 nitrogen and oxygen atoms in total. The molecule has 0 atom stereocenters. The van der Waals surface area contributed by atoms with E-state index in [-0.39, 0.29) is 10.8 Å². The maximum atomic E-state index is 7.60. The van der Waals surface area contributed by atoms with Crippen molar-refractivity contribution in [1.82, 2.24) is 0 Å². The Kier molecular flexibility index (Phi) is 18.4. The van der Waals surface area contributed by atoms with Gasteiger partial charge in [0, 0.05) is 59.5 Å². The van der Waals surface area contributed by atoms with E-state index in [2.05, 4.69) is 491 Å². The van der Waals surface area contributed by atoms with Gasteiger partial charge in [-0.15, -0.1) is 0 Å². The van der Waals surface area contributed by atoms with E-state index in [9.17, 15) is 0 Å². The van der Waals surface area contributed by atoms with Crippen molar-refractivity contribution in [2.75, 3.05) is 0 Å². The fourth-order valence-corrected chi connectivity index (χ4v) is 27.5. The number of hydrogen-bond donors (Lipinski definition) is 0. The van der Waals surface area contributed by atoms with Gasteiger partial charge in [-0.05, 0) is 362 Å². The van der Waals surface area contributed by atoms with Crippen LogP contribution < -0.4 is 10.4 Å². The standard InChI is InChI=1S/C147H98O3/c1-84(120-82-122-105-41-29-31-53-129(105)148-132(122)83-121(120)128-78-96-36-16-30-52-125(96)145(128,2)3)101-37-10-8-9-11-38-102(104-40-18-17-39-103(101)104)95-59-58-89-72-90(56-57-91(89)73-95)93-66-71-130-124(77-93)137-114-67-62-92(76-123(114)142-140(144(137)149-130)118-69-65-100(80-127(118)147(142,6)7)136-112-48-25-21-44-108(112)134(109-45-22-26-49-113(109)136)98-61-55-86-33-13-15-35-88(86)75-98)94-63-70-119-131(81-94)150-143-116-51-28-27-50-115(116)141-138(139(119)143)117-68-64-99(79-126(117)146(141,4)5)135-110-46-23-19-42-106(110)133(107-43-20-24-47-111(107)135)97-60-54-85-32-12-14-34-87(85)74-97/h10-83H,1,8-9H2,2-7H3/b37-10?,38-11+,103-101?,104-102+. The van der Waals surface area contributed by atoms with E-state index in [1.807, 2.05) is 0 Å². The smallest absolute Gasteiger partial charge is 0.144 e. The van der Waals surface area contributed by atoms with Crippen molar-refractivity contribution in [3.05, 3.63) is 510 Å². The molecule has 3 heterocycles. The Hall–Kier alpha value is -18.3. The summed E-state index contributed by atoms with van der Waals surface area (Å²) in [5, 5.41) is 30.7. The Balaban J connectivity index is 0.554. The van der Waals surface area contributed by atoms with Crippen LogP contribution in [0.15, 0.2) is 463 Å². The minimum Gasteiger partial charge on any atom is -0.456 e. The van der Waals surface area contributed by atoms with E-state index < -0.39 is 5.41 Å². The first kappa shape index (κ1) is 86.1. The maximum absolute atomic E-state index is 7.60. The number of fused-ring (bicyclic) bond motifs is 32. The molecule has 0 fully saturated rings. The molecule has 24 aromatic carbocycles. The van der Waals surface area contributed by atoms with Gasteiger partial charge in [-0.2, -0.15) is 0 Å². The zero-order valence-corrected chi connectivity index (χ0v) is 84.1. The van der Waals surface area contributed by atoms with Crippen LogP contribution in [0.4, 0.5) is 0 Å². The Morgan fingerprint density at radius 1 is 0.240 bits per heavy atom. The molecule has 150 heavy (non-hydrogen) atoms. The molecule has 3 heteroatoms. The third kappa shape index (κ3) is 12.6. The highest BCUT2D eigenvalue weighted by molar-refractivity contribution is 6.30. The van der Waals surface area contributed by atoms with Crippen molar-refractivity contribution in [3.8, 4) is 89.0 Å². The van der Waals surface area contributed by atoms with Crippen LogP contribution >= 0.6 is 0 Å². The van der Waals surface area contributed by atoms with Gasteiger partial charge in [0.25, 0.3) is 0 Å². The van der Waals surface area contributed by atoms with Crippen molar-refractivity contribution < 1.29 is 13.3 Å². The molecule has 0 amide bonds. The summed E-state index contributed by atoms with van der Waals surface area (Å²) in [7, 11) is 0. The average molecular weight is 1910 g/mol. The van der Waals surface area contributed by atoms with Crippen molar-refractivity contribution in [3.63, 3.8) is 0 Å². The van der Waals surface area contributed by atoms with E-state index in [4.69, 9.17) is 19.8 Å². The fourth-order valence-electron chi connectivity index (χ4n) is 27.5. The van der Waals surface area contributed by atoms with Crippen molar-refractivity contribution in [2.45, 2.75) is 70.6 Å². The van der Waals surface area contributed by atoms with Gasteiger partial charge in [-0.25, -0.2) is 0 Å². The Bertz CT molecular complexity index is 10900. The summed E-state index contributed by atoms with van der Waals surface area (Å²) >= 11 is 0. The van der Waals surface area contributed by atoms with Crippen LogP contribution in [-0.4, -0.2) is 0 Å². The van der Waals surface area contributed by atoms with Gasteiger partial charge in [0.05, 0.1) is 0 Å². The van der Waals surface area contributed by atoms with Crippen LogP contribution in [0.25, 0.3) is 280 Å². The first-order valence-corrected chi connectivity index (χ1v) is 52.8. The Labute approximate surface area is 867 Å². The van der Waals surface area contributed by atoms with Gasteiger partial charge >= 0.3 is 0 Å². The predicted molar refractivity (Wildman–Crippen MR) is 636 cm³/mol. The average Bonchev–Trinajstić information content (AvgIpc) is 1.52. The molecular formula is C147H98O3. The molecule has 31 rings (SSSR count). The lowest BCUT2D eigenvalue weighted by Gasteiger charge is -2.27. The molecule has 0 bridgehead atoms. The molecule has 0 spiro atoms. The van der Waals surface area contributed by atoms with Crippen LogP contribution in [0.2, 0.25) is 0 Å². The van der Waals surface area contributed by atoms with Gasteiger partial charge in [0.1, 0.15) is 33.5 Å². The second-order valence-corrected chi connectivity index (χ2v) is 43.7. The largest absolute Gasteiger partial charge is 0.456 e. The molecule has 0 unspecified atom stereocenters. The molecule has 4 aliphatic rings. The van der Waals surface area contributed by atoms with Gasteiger partial charge in [0.2, 0.25) is 0 Å². The zero-order chi connectivity index (χ0) is 99.6. The normalized spacial score (nSPS) is 15.0. The van der Waals surface area contributed by atoms with Crippen LogP contribution in [0, 0.1) is 0 Å². The molecular weight excluding hydrogens is 1810 g/mol. The first-order valence-electron chi connectivity index (χ1n) is 52.8. The molecule has 4 aliphatic carbocycles. The number of rotatable bonds is 10. The molecule has 0 N–H and O–H groups in total. The molecule has 0 saturated heterocycles. The van der Waals surface area contributed by atoms with Crippen LogP contribution in [0.5, 0.6) is 0 Å². The number of allylic oxidation sites excluding steroid dienone is 6. The van der Waals surface area contributed by atoms with Crippen molar-refractivity contribution in [2.24, 2.45) is 0 Å². The molecule has 27 aromatic rings. The van der Waals surface area contributed by atoms with Gasteiger partial charge < -0.3 is 13.3 Å².